The molecule has 2 atom stereocenters. The van der Waals surface area contributed by atoms with E-state index in [9.17, 15) is 14.7 Å². The molecule has 0 bridgehead atoms. The first-order valence-corrected chi connectivity index (χ1v) is 7.37. The van der Waals surface area contributed by atoms with Crippen molar-refractivity contribution < 1.29 is 14.7 Å². The highest BCUT2D eigenvalue weighted by Gasteiger charge is 2.31. The maximum atomic E-state index is 12.2. The van der Waals surface area contributed by atoms with Crippen LogP contribution in [0.25, 0.3) is 0 Å². The first kappa shape index (κ1) is 14.1. The summed E-state index contributed by atoms with van der Waals surface area (Å²) in [6.45, 7) is 5.74. The minimum Gasteiger partial charge on any atom is -0.478 e. The average molecular weight is 281 g/mol. The van der Waals surface area contributed by atoms with Crippen LogP contribution in [-0.2, 0) is 4.79 Å². The molecule has 0 aliphatic heterocycles. The fourth-order valence-corrected chi connectivity index (χ4v) is 3.77. The number of hydrogen-bond acceptors (Lipinski definition) is 3. The molecule has 104 valence electrons. The standard InChI is InChI=1S/C14H19NO3S/c1-7-5-4-6-10(7)12(16)15-13-11(14(17)18)8(2)9(3)19-13/h7,10H,4-6H2,1-3H3,(H,15,16)(H,17,18). The van der Waals surface area contributed by atoms with Gasteiger partial charge in [-0.2, -0.15) is 0 Å². The average Bonchev–Trinajstić information content (AvgIpc) is 2.84. The van der Waals surface area contributed by atoms with E-state index in [0.29, 0.717) is 10.9 Å². The van der Waals surface area contributed by atoms with E-state index in [2.05, 4.69) is 12.2 Å². The van der Waals surface area contributed by atoms with E-state index in [-0.39, 0.29) is 17.4 Å². The van der Waals surface area contributed by atoms with Gasteiger partial charge in [-0.3, -0.25) is 4.79 Å². The molecule has 1 aliphatic rings. The molecular weight excluding hydrogens is 262 g/mol. The Balaban J connectivity index is 2.21. The summed E-state index contributed by atoms with van der Waals surface area (Å²) in [5, 5.41) is 12.5. The monoisotopic (exact) mass is 281 g/mol. The van der Waals surface area contributed by atoms with Crippen LogP contribution in [0.1, 0.15) is 47.0 Å². The van der Waals surface area contributed by atoms with Gasteiger partial charge in [0.05, 0.1) is 5.56 Å². The summed E-state index contributed by atoms with van der Waals surface area (Å²) in [4.78, 5) is 24.4. The molecule has 4 nitrogen and oxygen atoms in total. The first-order valence-electron chi connectivity index (χ1n) is 6.56. The van der Waals surface area contributed by atoms with Crippen LogP contribution >= 0.6 is 11.3 Å². The Morgan fingerprint density at radius 3 is 2.53 bits per heavy atom. The Bertz CT molecular complexity index is 521. The SMILES string of the molecule is Cc1sc(NC(=O)C2CCCC2C)c(C(=O)O)c1C. The smallest absolute Gasteiger partial charge is 0.338 e. The quantitative estimate of drug-likeness (QED) is 0.892. The zero-order valence-corrected chi connectivity index (χ0v) is 12.3. The number of rotatable bonds is 3. The predicted molar refractivity (Wildman–Crippen MR) is 75.9 cm³/mol. The van der Waals surface area contributed by atoms with Crippen LogP contribution < -0.4 is 5.32 Å². The molecule has 2 unspecified atom stereocenters. The molecule has 2 rings (SSSR count). The van der Waals surface area contributed by atoms with Crippen LogP contribution in [0.4, 0.5) is 5.00 Å². The Labute approximate surface area is 116 Å². The number of carbonyl (C=O) groups excluding carboxylic acids is 1. The maximum Gasteiger partial charge on any atom is 0.338 e. The molecule has 1 aliphatic carbocycles. The van der Waals surface area contributed by atoms with Gasteiger partial charge in [-0.05, 0) is 38.2 Å². The van der Waals surface area contributed by atoms with Gasteiger partial charge in [0.2, 0.25) is 5.91 Å². The van der Waals surface area contributed by atoms with Crippen LogP contribution in [0.5, 0.6) is 0 Å². The van der Waals surface area contributed by atoms with Crippen LogP contribution in [0.3, 0.4) is 0 Å². The number of aromatic carboxylic acids is 1. The Hall–Kier alpha value is -1.36. The van der Waals surface area contributed by atoms with Crippen LogP contribution in [-0.4, -0.2) is 17.0 Å². The van der Waals surface area contributed by atoms with Crippen molar-refractivity contribution in [3.05, 3.63) is 16.0 Å². The van der Waals surface area contributed by atoms with Gasteiger partial charge in [-0.15, -0.1) is 11.3 Å². The summed E-state index contributed by atoms with van der Waals surface area (Å²) in [5.41, 5.74) is 0.980. The molecule has 1 aromatic rings. The highest BCUT2D eigenvalue weighted by atomic mass is 32.1. The van der Waals surface area contributed by atoms with Gasteiger partial charge >= 0.3 is 5.97 Å². The van der Waals surface area contributed by atoms with Gasteiger partial charge in [0, 0.05) is 10.8 Å². The maximum absolute atomic E-state index is 12.2. The predicted octanol–water partition coefficient (Wildman–Crippen LogP) is 3.44. The summed E-state index contributed by atoms with van der Waals surface area (Å²) in [6.07, 6.45) is 3.05. The minimum atomic E-state index is -0.975. The Morgan fingerprint density at radius 2 is 2.00 bits per heavy atom. The Morgan fingerprint density at radius 1 is 1.32 bits per heavy atom. The fraction of sp³-hybridized carbons (Fsp3) is 0.571. The van der Waals surface area contributed by atoms with E-state index in [1.165, 1.54) is 11.3 Å². The van der Waals surface area contributed by atoms with E-state index in [1.54, 1.807) is 6.92 Å². The Kier molecular flexibility index (Phi) is 3.94. The van der Waals surface area contributed by atoms with Gasteiger partial charge in [0.25, 0.3) is 0 Å². The molecule has 1 fully saturated rings. The molecular formula is C14H19NO3S. The van der Waals surface area contributed by atoms with E-state index >= 15 is 0 Å². The lowest BCUT2D eigenvalue weighted by Crippen LogP contribution is -2.24. The molecule has 0 radical (unpaired) electrons. The van der Waals surface area contributed by atoms with Crippen molar-refractivity contribution >= 4 is 28.2 Å². The number of nitrogens with one attached hydrogen (secondary N) is 1. The van der Waals surface area contributed by atoms with Crippen molar-refractivity contribution in [3.63, 3.8) is 0 Å². The highest BCUT2D eigenvalue weighted by molar-refractivity contribution is 7.16. The van der Waals surface area contributed by atoms with Crippen LogP contribution in [0.15, 0.2) is 0 Å². The van der Waals surface area contributed by atoms with Gasteiger partial charge in [0.15, 0.2) is 0 Å². The van der Waals surface area contributed by atoms with Crippen molar-refractivity contribution in [2.24, 2.45) is 11.8 Å². The summed E-state index contributed by atoms with van der Waals surface area (Å²) < 4.78 is 0. The normalized spacial score (nSPS) is 22.5. The van der Waals surface area contributed by atoms with E-state index in [0.717, 1.165) is 29.7 Å². The third kappa shape index (κ3) is 2.66. The summed E-state index contributed by atoms with van der Waals surface area (Å²) in [6, 6.07) is 0. The van der Waals surface area contributed by atoms with E-state index < -0.39 is 5.97 Å². The number of carboxylic acid groups (broad SMARTS) is 1. The van der Waals surface area contributed by atoms with Crippen LogP contribution in [0, 0.1) is 25.7 Å². The van der Waals surface area contributed by atoms with Gasteiger partial charge < -0.3 is 10.4 Å². The van der Waals surface area contributed by atoms with Gasteiger partial charge in [-0.25, -0.2) is 4.79 Å². The number of amides is 1. The third-order valence-corrected chi connectivity index (χ3v) is 5.16. The zero-order valence-electron chi connectivity index (χ0n) is 11.4. The lowest BCUT2D eigenvalue weighted by Gasteiger charge is -2.14. The molecule has 0 spiro atoms. The fourth-order valence-electron chi connectivity index (χ4n) is 2.71. The number of carbonyl (C=O) groups is 2. The van der Waals surface area contributed by atoms with Crippen molar-refractivity contribution in [2.75, 3.05) is 5.32 Å². The zero-order chi connectivity index (χ0) is 14.2. The molecule has 5 heteroatoms. The number of thiophene rings is 1. The highest BCUT2D eigenvalue weighted by Crippen LogP contribution is 2.35. The molecule has 0 saturated heterocycles. The third-order valence-electron chi connectivity index (χ3n) is 4.03. The van der Waals surface area contributed by atoms with Crippen molar-refractivity contribution in [1.29, 1.82) is 0 Å². The van der Waals surface area contributed by atoms with Crippen LogP contribution in [0.2, 0.25) is 0 Å². The lowest BCUT2D eigenvalue weighted by molar-refractivity contribution is -0.120. The number of aryl methyl sites for hydroxylation is 1. The molecule has 2 N–H and O–H groups in total. The number of hydrogen-bond donors (Lipinski definition) is 2. The van der Waals surface area contributed by atoms with E-state index in [1.807, 2.05) is 6.92 Å². The number of carboxylic acids is 1. The molecule has 1 saturated carbocycles. The summed E-state index contributed by atoms with van der Waals surface area (Å²) in [7, 11) is 0. The summed E-state index contributed by atoms with van der Waals surface area (Å²) in [5.74, 6) is -0.606. The van der Waals surface area contributed by atoms with Crippen molar-refractivity contribution in [1.82, 2.24) is 0 Å². The second-order valence-electron chi connectivity index (χ2n) is 5.30. The summed E-state index contributed by atoms with van der Waals surface area (Å²) >= 11 is 1.34. The molecule has 19 heavy (non-hydrogen) atoms. The minimum absolute atomic E-state index is 0.0179. The van der Waals surface area contributed by atoms with Crippen molar-refractivity contribution in [3.8, 4) is 0 Å². The molecule has 1 aromatic heterocycles. The largest absolute Gasteiger partial charge is 0.478 e. The first-order chi connectivity index (χ1) is 8.91. The van der Waals surface area contributed by atoms with E-state index in [4.69, 9.17) is 0 Å². The number of anilines is 1. The van der Waals surface area contributed by atoms with Crippen molar-refractivity contribution in [2.45, 2.75) is 40.0 Å². The second-order valence-corrected chi connectivity index (χ2v) is 6.52. The topological polar surface area (TPSA) is 66.4 Å². The lowest BCUT2D eigenvalue weighted by atomic mass is 9.97. The van der Waals surface area contributed by atoms with Gasteiger partial charge in [0.1, 0.15) is 5.00 Å². The second kappa shape index (κ2) is 5.33. The van der Waals surface area contributed by atoms with Gasteiger partial charge in [-0.1, -0.05) is 13.3 Å². The molecule has 1 amide bonds. The molecule has 0 aromatic carbocycles. The molecule has 1 heterocycles.